The molecule has 1 fully saturated rings. The van der Waals surface area contributed by atoms with Crippen molar-refractivity contribution >= 4 is 68.5 Å². The van der Waals surface area contributed by atoms with E-state index < -0.39 is 56.4 Å². The lowest BCUT2D eigenvalue weighted by Crippen LogP contribution is -2.69. The van der Waals surface area contributed by atoms with Gasteiger partial charge in [0.25, 0.3) is 0 Å². The molecule has 0 N–H and O–H groups in total. The third kappa shape index (κ3) is 4.20. The van der Waals surface area contributed by atoms with Crippen LogP contribution in [0.2, 0.25) is 0 Å². The highest BCUT2D eigenvalue weighted by atomic mass is 35.6. The minimum atomic E-state index is -1.97. The molecule has 0 spiro atoms. The SMILES string of the molecule is CC(=O)OC(C)C1C(=O)N2C(C(=O)OCC(Cl)(Cl)Cl)=C(C)C(=[N+]=[N-])S(=O)[C@H]12. The van der Waals surface area contributed by atoms with Crippen LogP contribution >= 0.6 is 34.8 Å². The Morgan fingerprint density at radius 3 is 2.48 bits per heavy atom. The van der Waals surface area contributed by atoms with Crippen LogP contribution < -0.4 is 0 Å². The number of rotatable bonds is 4. The Morgan fingerprint density at radius 1 is 1.41 bits per heavy atom. The highest BCUT2D eigenvalue weighted by Crippen LogP contribution is 2.42. The fraction of sp³-hybridized carbons (Fsp3) is 0.571. The molecule has 1 amide bonds. The van der Waals surface area contributed by atoms with E-state index in [1.807, 2.05) is 0 Å². The predicted molar refractivity (Wildman–Crippen MR) is 96.1 cm³/mol. The van der Waals surface area contributed by atoms with Crippen LogP contribution in [0.4, 0.5) is 0 Å². The Balaban J connectivity index is 2.41. The summed E-state index contributed by atoms with van der Waals surface area (Å²) in [7, 11) is -1.97. The Kier molecular flexibility index (Phi) is 6.38. The summed E-state index contributed by atoms with van der Waals surface area (Å²) in [5.74, 6) is -3.23. The number of halogens is 3. The minimum Gasteiger partial charge on any atom is -0.462 e. The number of amides is 1. The summed E-state index contributed by atoms with van der Waals surface area (Å²) in [6.45, 7) is 3.37. The molecule has 1 saturated heterocycles. The Hall–Kier alpha value is -1.45. The van der Waals surface area contributed by atoms with Gasteiger partial charge in [0.15, 0.2) is 10.8 Å². The van der Waals surface area contributed by atoms with Gasteiger partial charge in [0.2, 0.25) is 9.70 Å². The molecule has 27 heavy (non-hydrogen) atoms. The molecule has 2 heterocycles. The Labute approximate surface area is 171 Å². The van der Waals surface area contributed by atoms with Crippen LogP contribution in [-0.4, -0.2) is 58.7 Å². The molecule has 0 saturated carbocycles. The first-order valence-corrected chi connectivity index (χ1v) is 9.83. The normalized spacial score (nSPS) is 26.0. The van der Waals surface area contributed by atoms with E-state index in [9.17, 15) is 24.1 Å². The van der Waals surface area contributed by atoms with Gasteiger partial charge in [0.1, 0.15) is 29.7 Å². The van der Waals surface area contributed by atoms with Gasteiger partial charge in [-0.05, 0) is 13.8 Å². The van der Waals surface area contributed by atoms with Crippen molar-refractivity contribution in [3.63, 3.8) is 0 Å². The first kappa shape index (κ1) is 21.8. The van der Waals surface area contributed by atoms with Crippen LogP contribution in [-0.2, 0) is 34.7 Å². The maximum Gasteiger partial charge on any atom is 0.386 e. The number of nitrogens with zero attached hydrogens (tertiary/aromatic N) is 3. The third-order valence-corrected chi connectivity index (χ3v) is 5.96. The molecular formula is C14H14Cl3N3O6S. The molecule has 0 aromatic carbocycles. The van der Waals surface area contributed by atoms with Gasteiger partial charge in [0, 0.05) is 6.92 Å². The van der Waals surface area contributed by atoms with Crippen molar-refractivity contribution in [3.05, 3.63) is 16.8 Å². The van der Waals surface area contributed by atoms with Crippen molar-refractivity contribution in [2.75, 3.05) is 6.61 Å². The van der Waals surface area contributed by atoms with Crippen LogP contribution in [0, 0.1) is 5.92 Å². The van der Waals surface area contributed by atoms with Gasteiger partial charge in [0.05, 0.1) is 5.57 Å². The number of carbonyl (C=O) groups is 3. The number of hydrogen-bond donors (Lipinski definition) is 0. The molecule has 3 unspecified atom stereocenters. The first-order chi connectivity index (χ1) is 12.4. The second kappa shape index (κ2) is 7.89. The third-order valence-electron chi connectivity index (χ3n) is 3.92. The van der Waals surface area contributed by atoms with Gasteiger partial charge in [-0.2, -0.15) is 4.79 Å². The zero-order chi connectivity index (χ0) is 20.7. The van der Waals surface area contributed by atoms with Gasteiger partial charge >= 0.3 is 17.0 Å². The summed E-state index contributed by atoms with van der Waals surface area (Å²) in [5, 5.41) is -1.37. The van der Waals surface area contributed by atoms with Crippen molar-refractivity contribution in [3.8, 4) is 0 Å². The molecule has 0 aliphatic carbocycles. The van der Waals surface area contributed by atoms with E-state index in [4.69, 9.17) is 44.3 Å². The van der Waals surface area contributed by atoms with Crippen molar-refractivity contribution in [2.24, 2.45) is 5.92 Å². The summed E-state index contributed by atoms with van der Waals surface area (Å²) in [6, 6.07) is 0. The van der Waals surface area contributed by atoms with E-state index in [0.717, 1.165) is 4.90 Å². The summed E-state index contributed by atoms with van der Waals surface area (Å²) in [6.07, 6.45) is -0.906. The standard InChI is InChI=1S/C14H14Cl3N3O6S/c1-5-9(13(23)25-4-14(15,16)17)20-11(22)8(6(2)26-7(3)21)12(20)27(24)10(5)19-18/h6,8,12H,4H2,1-3H3/t6?,8?,12-,27?/m1/s1. The first-order valence-electron chi connectivity index (χ1n) is 7.48. The van der Waals surface area contributed by atoms with E-state index in [1.165, 1.54) is 20.8 Å². The maximum absolute atomic E-state index is 12.7. The summed E-state index contributed by atoms with van der Waals surface area (Å²) in [4.78, 5) is 40.1. The highest BCUT2D eigenvalue weighted by molar-refractivity contribution is 8.01. The van der Waals surface area contributed by atoms with Gasteiger partial charge in [-0.25, -0.2) is 9.00 Å². The van der Waals surface area contributed by atoms with Crippen LogP contribution in [0.1, 0.15) is 20.8 Å². The quantitative estimate of drug-likeness (QED) is 0.205. The molecule has 0 aromatic heterocycles. The second-order valence-corrected chi connectivity index (χ2v) is 9.79. The predicted octanol–water partition coefficient (Wildman–Crippen LogP) is 1.30. The number of fused-ring (bicyclic) bond motifs is 1. The molecule has 0 bridgehead atoms. The van der Waals surface area contributed by atoms with E-state index in [-0.39, 0.29) is 16.3 Å². The lowest BCUT2D eigenvalue weighted by Gasteiger charge is -2.49. The van der Waals surface area contributed by atoms with E-state index in [1.54, 1.807) is 0 Å². The van der Waals surface area contributed by atoms with Crippen LogP contribution in [0.25, 0.3) is 5.53 Å². The van der Waals surface area contributed by atoms with E-state index in [2.05, 4.69) is 4.79 Å². The molecule has 2 aliphatic heterocycles. The molecule has 2 rings (SSSR count). The average Bonchev–Trinajstić information content (AvgIpc) is 2.52. The molecule has 4 atom stereocenters. The maximum atomic E-state index is 12.7. The van der Waals surface area contributed by atoms with Gasteiger partial charge in [-0.1, -0.05) is 34.8 Å². The zero-order valence-corrected chi connectivity index (χ0v) is 17.4. The second-order valence-electron chi connectivity index (χ2n) is 5.81. The smallest absolute Gasteiger partial charge is 0.386 e. The van der Waals surface area contributed by atoms with Crippen LogP contribution in [0.5, 0.6) is 0 Å². The Morgan fingerprint density at radius 2 is 2.00 bits per heavy atom. The number of hydrogen-bond acceptors (Lipinski definition) is 6. The molecule has 2 aliphatic rings. The van der Waals surface area contributed by atoms with Gasteiger partial charge in [-0.15, -0.1) is 0 Å². The van der Waals surface area contributed by atoms with Crippen LogP contribution in [0.3, 0.4) is 0 Å². The number of alkyl halides is 3. The highest BCUT2D eigenvalue weighted by Gasteiger charge is 2.62. The summed E-state index contributed by atoms with van der Waals surface area (Å²) in [5.41, 5.74) is 8.91. The average molecular weight is 459 g/mol. The monoisotopic (exact) mass is 457 g/mol. The molecule has 0 aromatic rings. The van der Waals surface area contributed by atoms with E-state index >= 15 is 0 Å². The van der Waals surface area contributed by atoms with Gasteiger partial charge < -0.3 is 15.0 Å². The number of ether oxygens (including phenoxy) is 2. The number of β-lactam (4-membered cyclic amide) rings is 1. The van der Waals surface area contributed by atoms with Crippen molar-refractivity contribution < 1.29 is 32.9 Å². The lowest BCUT2D eigenvalue weighted by molar-refractivity contribution is -0.166. The fourth-order valence-electron chi connectivity index (χ4n) is 2.85. The number of esters is 2. The van der Waals surface area contributed by atoms with Crippen molar-refractivity contribution in [1.82, 2.24) is 4.90 Å². The molecule has 0 radical (unpaired) electrons. The summed E-state index contributed by atoms with van der Waals surface area (Å²) >= 11 is 16.6. The fourth-order valence-corrected chi connectivity index (χ4v) is 4.73. The van der Waals surface area contributed by atoms with Gasteiger partial charge in [-0.3, -0.25) is 14.5 Å². The lowest BCUT2D eigenvalue weighted by atomic mass is 9.90. The topological polar surface area (TPSA) is 126 Å². The minimum absolute atomic E-state index is 0.0201. The Bertz CT molecular complexity index is 817. The zero-order valence-electron chi connectivity index (χ0n) is 14.3. The molecule has 13 heteroatoms. The largest absolute Gasteiger partial charge is 0.462 e. The number of carbonyl (C=O) groups excluding carboxylic acids is 3. The molecule has 9 nitrogen and oxygen atoms in total. The summed E-state index contributed by atoms with van der Waals surface area (Å²) < 4.78 is 20.7. The van der Waals surface area contributed by atoms with Crippen molar-refractivity contribution in [2.45, 2.75) is 36.0 Å². The van der Waals surface area contributed by atoms with E-state index in [0.29, 0.717) is 0 Å². The van der Waals surface area contributed by atoms with Crippen molar-refractivity contribution in [1.29, 1.82) is 0 Å². The molecular weight excluding hydrogens is 445 g/mol. The molecule has 148 valence electrons. The van der Waals surface area contributed by atoms with Crippen LogP contribution in [0.15, 0.2) is 11.3 Å².